The van der Waals surface area contributed by atoms with Crippen molar-refractivity contribution in [2.24, 2.45) is 0 Å². The van der Waals surface area contributed by atoms with Crippen molar-refractivity contribution in [3.8, 4) is 0 Å². The zero-order chi connectivity index (χ0) is 13.4. The van der Waals surface area contributed by atoms with Crippen molar-refractivity contribution >= 4 is 11.1 Å². The van der Waals surface area contributed by atoms with Gasteiger partial charge in [-0.1, -0.05) is 57.2 Å². The maximum Gasteiger partial charge on any atom is -0.0129 e. The Balaban J connectivity index is 3.58. The van der Waals surface area contributed by atoms with Crippen molar-refractivity contribution < 1.29 is 0 Å². The predicted molar refractivity (Wildman–Crippen MR) is 79.3 cm³/mol. The van der Waals surface area contributed by atoms with Crippen LogP contribution in [0.5, 0.6) is 0 Å². The summed E-state index contributed by atoms with van der Waals surface area (Å²) in [6.45, 7) is 21.2. The Labute approximate surface area is 106 Å². The van der Waals surface area contributed by atoms with Crippen LogP contribution in [0.25, 0.3) is 11.1 Å². The summed E-state index contributed by atoms with van der Waals surface area (Å²) >= 11 is 0. The molecule has 0 fully saturated rings. The van der Waals surface area contributed by atoms with Crippen LogP contribution >= 0.6 is 0 Å². The van der Waals surface area contributed by atoms with E-state index in [2.05, 4.69) is 66.8 Å². The maximum absolute atomic E-state index is 4.09. The van der Waals surface area contributed by atoms with E-state index in [1.165, 1.54) is 22.3 Å². The molecule has 0 aliphatic rings. The van der Waals surface area contributed by atoms with Crippen LogP contribution in [0, 0.1) is 6.92 Å². The Morgan fingerprint density at radius 2 is 1.53 bits per heavy atom. The molecule has 0 amide bonds. The topological polar surface area (TPSA) is 0 Å². The van der Waals surface area contributed by atoms with E-state index < -0.39 is 0 Å². The van der Waals surface area contributed by atoms with Crippen LogP contribution in [0.3, 0.4) is 0 Å². The fourth-order valence-corrected chi connectivity index (χ4v) is 2.12. The summed E-state index contributed by atoms with van der Waals surface area (Å²) in [5, 5.41) is 0. The lowest BCUT2D eigenvalue weighted by Gasteiger charge is -2.23. The average Bonchev–Trinajstić information content (AvgIpc) is 2.13. The summed E-state index contributed by atoms with van der Waals surface area (Å²) in [6.07, 6.45) is 0. The first-order chi connectivity index (χ1) is 7.64. The smallest absolute Gasteiger partial charge is 0.0129 e. The highest BCUT2D eigenvalue weighted by Crippen LogP contribution is 2.32. The lowest BCUT2D eigenvalue weighted by molar-refractivity contribution is 0.589. The molecule has 1 aromatic carbocycles. The summed E-state index contributed by atoms with van der Waals surface area (Å²) in [6, 6.07) is 4.54. The zero-order valence-electron chi connectivity index (χ0n) is 12.1. The second kappa shape index (κ2) is 4.52. The van der Waals surface area contributed by atoms with Crippen LogP contribution in [0.1, 0.15) is 56.9 Å². The molecule has 0 bridgehead atoms. The van der Waals surface area contributed by atoms with Crippen molar-refractivity contribution in [2.75, 3.05) is 0 Å². The fraction of sp³-hybridized carbons (Fsp3) is 0.412. The first kappa shape index (κ1) is 13.8. The first-order valence-corrected chi connectivity index (χ1v) is 6.11. The number of hydrogen-bond acceptors (Lipinski definition) is 0. The van der Waals surface area contributed by atoms with Crippen molar-refractivity contribution in [1.82, 2.24) is 0 Å². The van der Waals surface area contributed by atoms with Gasteiger partial charge in [0, 0.05) is 0 Å². The normalized spacial score (nSPS) is 11.4. The Bertz CT molecular complexity index is 468. The Hall–Kier alpha value is -1.30. The van der Waals surface area contributed by atoms with Crippen LogP contribution in [-0.2, 0) is 5.41 Å². The maximum atomic E-state index is 4.09. The minimum atomic E-state index is 0.169. The molecule has 0 aliphatic carbocycles. The number of benzene rings is 1. The van der Waals surface area contributed by atoms with Gasteiger partial charge in [-0.2, -0.15) is 0 Å². The Morgan fingerprint density at radius 3 is 1.88 bits per heavy atom. The lowest BCUT2D eigenvalue weighted by Crippen LogP contribution is -2.12. The molecule has 1 rings (SSSR count). The van der Waals surface area contributed by atoms with Gasteiger partial charge in [0.2, 0.25) is 0 Å². The molecule has 0 aliphatic heterocycles. The molecule has 0 aromatic heterocycles. The predicted octanol–water partition coefficient (Wildman–Crippen LogP) is 5.36. The molecule has 0 nitrogen and oxygen atoms in total. The highest BCUT2D eigenvalue weighted by atomic mass is 14.2. The van der Waals surface area contributed by atoms with Crippen LogP contribution in [-0.4, -0.2) is 0 Å². The third-order valence-corrected chi connectivity index (χ3v) is 3.09. The van der Waals surface area contributed by atoms with Crippen molar-refractivity contribution in [2.45, 2.75) is 47.0 Å². The molecule has 0 saturated carbocycles. The van der Waals surface area contributed by atoms with Crippen LogP contribution in [0.4, 0.5) is 0 Å². The molecule has 1 aromatic rings. The molecular weight excluding hydrogens is 204 g/mol. The van der Waals surface area contributed by atoms with Gasteiger partial charge >= 0.3 is 0 Å². The minimum Gasteiger partial charge on any atom is -0.0955 e. The zero-order valence-corrected chi connectivity index (χ0v) is 12.1. The number of aryl methyl sites for hydroxylation is 1. The molecule has 0 atom stereocenters. The second-order valence-electron chi connectivity index (χ2n) is 6.03. The van der Waals surface area contributed by atoms with Gasteiger partial charge in [-0.05, 0) is 48.4 Å². The summed E-state index contributed by atoms with van der Waals surface area (Å²) in [5.74, 6) is 0. The van der Waals surface area contributed by atoms with Crippen LogP contribution < -0.4 is 0 Å². The minimum absolute atomic E-state index is 0.169. The molecule has 0 heteroatoms. The van der Waals surface area contributed by atoms with E-state index in [1.54, 1.807) is 0 Å². The van der Waals surface area contributed by atoms with Crippen LogP contribution in [0.2, 0.25) is 0 Å². The van der Waals surface area contributed by atoms with Gasteiger partial charge < -0.3 is 0 Å². The monoisotopic (exact) mass is 228 g/mol. The molecule has 17 heavy (non-hydrogen) atoms. The van der Waals surface area contributed by atoms with E-state index in [0.29, 0.717) is 0 Å². The van der Waals surface area contributed by atoms with Gasteiger partial charge in [-0.25, -0.2) is 0 Å². The molecule has 0 saturated heterocycles. The first-order valence-electron chi connectivity index (χ1n) is 6.11. The van der Waals surface area contributed by atoms with Crippen molar-refractivity contribution in [3.05, 3.63) is 47.5 Å². The Morgan fingerprint density at radius 1 is 1.00 bits per heavy atom. The van der Waals surface area contributed by atoms with Gasteiger partial charge in [0.1, 0.15) is 0 Å². The molecule has 0 unspecified atom stereocenters. The van der Waals surface area contributed by atoms with E-state index in [0.717, 1.165) is 11.1 Å². The molecule has 0 heterocycles. The van der Waals surface area contributed by atoms with Crippen molar-refractivity contribution in [3.63, 3.8) is 0 Å². The number of hydrogen-bond donors (Lipinski definition) is 0. The van der Waals surface area contributed by atoms with E-state index in [4.69, 9.17) is 0 Å². The van der Waals surface area contributed by atoms with Gasteiger partial charge in [0.05, 0.1) is 0 Å². The highest BCUT2D eigenvalue weighted by molar-refractivity contribution is 5.79. The summed E-state index contributed by atoms with van der Waals surface area (Å²) < 4.78 is 0. The Kier molecular flexibility index (Phi) is 3.66. The quantitative estimate of drug-likeness (QED) is 0.639. The summed E-state index contributed by atoms with van der Waals surface area (Å²) in [5.41, 5.74) is 7.54. The second-order valence-corrected chi connectivity index (χ2v) is 6.03. The number of allylic oxidation sites excluding steroid dienone is 2. The van der Waals surface area contributed by atoms with E-state index >= 15 is 0 Å². The van der Waals surface area contributed by atoms with E-state index in [9.17, 15) is 0 Å². The lowest BCUT2D eigenvalue weighted by atomic mass is 9.81. The fourth-order valence-electron chi connectivity index (χ4n) is 2.12. The summed E-state index contributed by atoms with van der Waals surface area (Å²) in [4.78, 5) is 0. The average molecular weight is 228 g/mol. The van der Waals surface area contributed by atoms with Gasteiger partial charge in [0.15, 0.2) is 0 Å². The van der Waals surface area contributed by atoms with Gasteiger partial charge in [0.25, 0.3) is 0 Å². The number of rotatable bonds is 2. The molecule has 0 radical (unpaired) electrons. The van der Waals surface area contributed by atoms with Gasteiger partial charge in [-0.3, -0.25) is 0 Å². The van der Waals surface area contributed by atoms with E-state index in [-0.39, 0.29) is 5.41 Å². The van der Waals surface area contributed by atoms with E-state index in [1.807, 2.05) is 0 Å². The third kappa shape index (κ3) is 2.88. The molecule has 0 spiro atoms. The summed E-state index contributed by atoms with van der Waals surface area (Å²) in [7, 11) is 0. The van der Waals surface area contributed by atoms with Crippen LogP contribution in [0.15, 0.2) is 25.3 Å². The van der Waals surface area contributed by atoms with Gasteiger partial charge in [-0.15, -0.1) is 0 Å². The van der Waals surface area contributed by atoms with Crippen molar-refractivity contribution in [1.29, 1.82) is 0 Å². The highest BCUT2D eigenvalue weighted by Gasteiger charge is 2.17. The standard InChI is InChI=1S/C17H24/c1-11(2)15-10-14(17(6,7)8)9-13(5)16(15)12(3)4/h9-10H,1,3H2,2,4-8H3. The molecule has 92 valence electrons. The molecule has 0 N–H and O–H groups in total. The molecular formula is C17H24. The largest absolute Gasteiger partial charge is 0.0955 e. The third-order valence-electron chi connectivity index (χ3n) is 3.09. The SMILES string of the molecule is C=C(C)c1cc(C(C)(C)C)cc(C)c1C(=C)C.